The molecule has 0 aliphatic rings. The Balaban J connectivity index is 2.47. The minimum absolute atomic E-state index is 0.170. The van der Waals surface area contributed by atoms with Gasteiger partial charge in [-0.2, -0.15) is 0 Å². The quantitative estimate of drug-likeness (QED) is 0.875. The number of nitrogens with one attached hydrogen (secondary N) is 1. The smallest absolute Gasteiger partial charge is 0.337 e. The van der Waals surface area contributed by atoms with E-state index in [0.717, 1.165) is 11.3 Å². The Morgan fingerprint density at radius 3 is 2.50 bits per heavy atom. The van der Waals surface area contributed by atoms with Gasteiger partial charge in [0.25, 0.3) is 0 Å². The zero-order valence-electron chi connectivity index (χ0n) is 9.77. The van der Waals surface area contributed by atoms with E-state index in [1.165, 1.54) is 6.07 Å². The van der Waals surface area contributed by atoms with Crippen molar-refractivity contribution in [1.29, 1.82) is 0 Å². The normalized spacial score (nSPS) is 10.1. The van der Waals surface area contributed by atoms with Gasteiger partial charge < -0.3 is 10.4 Å². The molecule has 3 nitrogen and oxygen atoms in total. The van der Waals surface area contributed by atoms with Crippen molar-refractivity contribution in [3.05, 3.63) is 58.6 Å². The molecular formula is C14H12ClNO2. The van der Waals surface area contributed by atoms with E-state index in [9.17, 15) is 9.90 Å². The zero-order chi connectivity index (χ0) is 13.1. The third-order valence-corrected chi connectivity index (χ3v) is 2.79. The van der Waals surface area contributed by atoms with E-state index in [1.807, 2.05) is 37.3 Å². The van der Waals surface area contributed by atoms with E-state index in [1.54, 1.807) is 6.07 Å². The van der Waals surface area contributed by atoms with E-state index in [0.29, 0.717) is 10.7 Å². The third kappa shape index (κ3) is 2.63. The summed E-state index contributed by atoms with van der Waals surface area (Å²) in [5, 5.41) is 12.7. The van der Waals surface area contributed by atoms with Crippen LogP contribution in [-0.2, 0) is 0 Å². The molecule has 0 fully saturated rings. The molecule has 0 aliphatic carbocycles. The van der Waals surface area contributed by atoms with Gasteiger partial charge in [-0.15, -0.1) is 0 Å². The Morgan fingerprint density at radius 1 is 1.22 bits per heavy atom. The molecule has 2 N–H and O–H groups in total. The maximum atomic E-state index is 11.2. The summed E-state index contributed by atoms with van der Waals surface area (Å²) in [6.45, 7) is 1.82. The standard InChI is InChI=1S/C14H12ClNO2/c1-9-7-10(15)8-12(14(17)18)13(9)16-11-5-3-2-4-6-11/h2-8,16H,1H3,(H,17,18). The van der Waals surface area contributed by atoms with Crippen LogP contribution in [-0.4, -0.2) is 11.1 Å². The van der Waals surface area contributed by atoms with Crippen molar-refractivity contribution >= 4 is 28.9 Å². The highest BCUT2D eigenvalue weighted by molar-refractivity contribution is 6.31. The predicted molar refractivity (Wildman–Crippen MR) is 72.9 cm³/mol. The van der Waals surface area contributed by atoms with Crippen LogP contribution in [0.2, 0.25) is 5.02 Å². The maximum absolute atomic E-state index is 11.2. The molecule has 0 atom stereocenters. The molecule has 92 valence electrons. The van der Waals surface area contributed by atoms with Gasteiger partial charge in [-0.05, 0) is 36.8 Å². The van der Waals surface area contributed by atoms with Crippen molar-refractivity contribution in [1.82, 2.24) is 0 Å². The number of aryl methyl sites for hydroxylation is 1. The van der Waals surface area contributed by atoms with Gasteiger partial charge in [-0.3, -0.25) is 0 Å². The number of rotatable bonds is 3. The second-order valence-electron chi connectivity index (χ2n) is 3.94. The number of carboxylic acid groups (broad SMARTS) is 1. The van der Waals surface area contributed by atoms with Gasteiger partial charge in [0.05, 0.1) is 11.3 Å². The first-order valence-corrected chi connectivity index (χ1v) is 5.81. The molecule has 0 radical (unpaired) electrons. The van der Waals surface area contributed by atoms with Gasteiger partial charge in [0.1, 0.15) is 0 Å². The largest absolute Gasteiger partial charge is 0.478 e. The highest BCUT2D eigenvalue weighted by atomic mass is 35.5. The lowest BCUT2D eigenvalue weighted by molar-refractivity contribution is 0.0698. The van der Waals surface area contributed by atoms with Gasteiger partial charge in [0.15, 0.2) is 0 Å². The lowest BCUT2D eigenvalue weighted by Gasteiger charge is -2.13. The summed E-state index contributed by atoms with van der Waals surface area (Å²) >= 11 is 5.88. The second kappa shape index (κ2) is 5.10. The summed E-state index contributed by atoms with van der Waals surface area (Å²) in [6.07, 6.45) is 0. The average Bonchev–Trinajstić information content (AvgIpc) is 2.33. The summed E-state index contributed by atoms with van der Waals surface area (Å²) in [5.41, 5.74) is 2.37. The lowest BCUT2D eigenvalue weighted by atomic mass is 10.1. The van der Waals surface area contributed by atoms with E-state index in [4.69, 9.17) is 11.6 Å². The number of halogens is 1. The Bertz CT molecular complexity index is 582. The van der Waals surface area contributed by atoms with E-state index in [2.05, 4.69) is 5.32 Å². The Labute approximate surface area is 110 Å². The molecule has 4 heteroatoms. The third-order valence-electron chi connectivity index (χ3n) is 2.57. The summed E-state index contributed by atoms with van der Waals surface area (Å²) in [4.78, 5) is 11.2. The van der Waals surface area contributed by atoms with Crippen LogP contribution in [0.15, 0.2) is 42.5 Å². The van der Waals surface area contributed by atoms with Crippen LogP contribution in [0, 0.1) is 6.92 Å². The Hall–Kier alpha value is -2.00. The molecular weight excluding hydrogens is 250 g/mol. The molecule has 0 saturated heterocycles. The number of carboxylic acids is 1. The molecule has 0 bridgehead atoms. The van der Waals surface area contributed by atoms with Crippen LogP contribution in [0.5, 0.6) is 0 Å². The summed E-state index contributed by atoms with van der Waals surface area (Å²) < 4.78 is 0. The first-order chi connectivity index (χ1) is 8.58. The fraction of sp³-hybridized carbons (Fsp3) is 0.0714. The molecule has 0 aromatic heterocycles. The van der Waals surface area contributed by atoms with Crippen LogP contribution in [0.3, 0.4) is 0 Å². The van der Waals surface area contributed by atoms with E-state index < -0.39 is 5.97 Å². The number of benzene rings is 2. The number of anilines is 2. The van der Waals surface area contributed by atoms with Gasteiger partial charge >= 0.3 is 5.97 Å². The van der Waals surface area contributed by atoms with Crippen molar-refractivity contribution in [2.45, 2.75) is 6.92 Å². The van der Waals surface area contributed by atoms with Crippen LogP contribution in [0.25, 0.3) is 0 Å². The average molecular weight is 262 g/mol. The van der Waals surface area contributed by atoms with Gasteiger partial charge in [-0.1, -0.05) is 29.8 Å². The first-order valence-electron chi connectivity index (χ1n) is 5.43. The molecule has 0 heterocycles. The summed E-state index contributed by atoms with van der Waals surface area (Å²) in [7, 11) is 0. The molecule has 0 spiro atoms. The maximum Gasteiger partial charge on any atom is 0.337 e. The van der Waals surface area contributed by atoms with Crippen LogP contribution in [0.1, 0.15) is 15.9 Å². The van der Waals surface area contributed by atoms with Crippen LogP contribution in [0.4, 0.5) is 11.4 Å². The Morgan fingerprint density at radius 2 is 1.89 bits per heavy atom. The molecule has 0 aliphatic heterocycles. The van der Waals surface area contributed by atoms with Gasteiger partial charge in [0.2, 0.25) is 0 Å². The highest BCUT2D eigenvalue weighted by Gasteiger charge is 2.13. The van der Waals surface area contributed by atoms with Crippen molar-refractivity contribution in [2.75, 3.05) is 5.32 Å². The molecule has 2 rings (SSSR count). The topological polar surface area (TPSA) is 49.3 Å². The lowest BCUT2D eigenvalue weighted by Crippen LogP contribution is -2.04. The van der Waals surface area contributed by atoms with Crippen molar-refractivity contribution in [3.8, 4) is 0 Å². The van der Waals surface area contributed by atoms with Gasteiger partial charge in [-0.25, -0.2) is 4.79 Å². The van der Waals surface area contributed by atoms with Crippen molar-refractivity contribution in [2.24, 2.45) is 0 Å². The first kappa shape index (κ1) is 12.5. The van der Waals surface area contributed by atoms with E-state index >= 15 is 0 Å². The van der Waals surface area contributed by atoms with Crippen molar-refractivity contribution in [3.63, 3.8) is 0 Å². The molecule has 0 unspecified atom stereocenters. The molecule has 2 aromatic rings. The highest BCUT2D eigenvalue weighted by Crippen LogP contribution is 2.28. The number of hydrogen-bond acceptors (Lipinski definition) is 2. The summed E-state index contributed by atoms with van der Waals surface area (Å²) in [6, 6.07) is 12.6. The molecule has 2 aromatic carbocycles. The fourth-order valence-corrected chi connectivity index (χ4v) is 2.02. The SMILES string of the molecule is Cc1cc(Cl)cc(C(=O)O)c1Nc1ccccc1. The Kier molecular flexibility index (Phi) is 3.53. The minimum Gasteiger partial charge on any atom is -0.478 e. The fourth-order valence-electron chi connectivity index (χ4n) is 1.74. The van der Waals surface area contributed by atoms with Crippen LogP contribution < -0.4 is 5.32 Å². The minimum atomic E-state index is -1.00. The zero-order valence-corrected chi connectivity index (χ0v) is 10.5. The summed E-state index contributed by atoms with van der Waals surface area (Å²) in [5.74, 6) is -1.00. The number of hydrogen-bond donors (Lipinski definition) is 2. The monoisotopic (exact) mass is 261 g/mol. The predicted octanol–water partition coefficient (Wildman–Crippen LogP) is 4.09. The second-order valence-corrected chi connectivity index (χ2v) is 4.38. The van der Waals surface area contributed by atoms with Crippen molar-refractivity contribution < 1.29 is 9.90 Å². The number of aromatic carboxylic acids is 1. The molecule has 0 saturated carbocycles. The number of carbonyl (C=O) groups is 1. The number of para-hydroxylation sites is 1. The molecule has 18 heavy (non-hydrogen) atoms. The van der Waals surface area contributed by atoms with Gasteiger partial charge in [0, 0.05) is 10.7 Å². The van der Waals surface area contributed by atoms with Crippen LogP contribution >= 0.6 is 11.6 Å². The van der Waals surface area contributed by atoms with E-state index in [-0.39, 0.29) is 5.56 Å². The molecule has 0 amide bonds.